The van der Waals surface area contributed by atoms with Crippen molar-refractivity contribution in [1.29, 1.82) is 0 Å². The summed E-state index contributed by atoms with van der Waals surface area (Å²) >= 11 is 3.46. The summed E-state index contributed by atoms with van der Waals surface area (Å²) < 4.78 is 2.52. The van der Waals surface area contributed by atoms with Gasteiger partial charge in [0.05, 0.1) is 18.8 Å². The first-order chi connectivity index (χ1) is 19.0. The van der Waals surface area contributed by atoms with Crippen molar-refractivity contribution in [2.45, 2.75) is 26.1 Å². The molecule has 0 spiro atoms. The molecule has 0 aliphatic carbocycles. The van der Waals surface area contributed by atoms with Crippen LogP contribution in [-0.2, 0) is 20.1 Å². The Balaban J connectivity index is 0.000000170. The molecule has 0 fully saturated rings. The molecule has 8 heteroatoms. The Kier molecular flexibility index (Phi) is 12.6. The second-order valence-corrected chi connectivity index (χ2v) is 11.0. The molecule has 209 valence electrons. The van der Waals surface area contributed by atoms with Crippen LogP contribution >= 0.6 is 22.7 Å². The van der Waals surface area contributed by atoms with Crippen LogP contribution in [0.2, 0.25) is 0 Å². The number of aliphatic hydroxyl groups is 3. The van der Waals surface area contributed by atoms with Gasteiger partial charge in [-0.15, -0.1) is 47.2 Å². The van der Waals surface area contributed by atoms with E-state index in [-0.39, 0.29) is 32.6 Å². The Morgan fingerprint density at radius 3 is 1.43 bits per heavy atom. The SMILES string of the molecule is CC(O)C(C)C(O)CO.[Ir].[c-]1c(-c2ccccn2)sc2ccccc12.[c-]1c(-c2ccccn2)sc2ccccc12. The molecule has 4 aromatic heterocycles. The molecule has 40 heavy (non-hydrogen) atoms. The van der Waals surface area contributed by atoms with Crippen molar-refractivity contribution < 1.29 is 35.4 Å². The van der Waals surface area contributed by atoms with Crippen molar-refractivity contribution in [3.05, 3.63) is 109 Å². The number of hydrogen-bond acceptors (Lipinski definition) is 7. The molecule has 6 aromatic rings. The van der Waals surface area contributed by atoms with E-state index < -0.39 is 12.2 Å². The van der Waals surface area contributed by atoms with Crippen LogP contribution in [0.1, 0.15) is 13.8 Å². The first-order valence-corrected chi connectivity index (χ1v) is 14.2. The van der Waals surface area contributed by atoms with Crippen LogP contribution in [0.25, 0.3) is 41.3 Å². The van der Waals surface area contributed by atoms with Crippen molar-refractivity contribution >= 4 is 42.8 Å². The molecular formula is C32H30IrN2O3S2-2. The average molecular weight is 747 g/mol. The predicted octanol–water partition coefficient (Wildman–Crippen LogP) is 6.88. The van der Waals surface area contributed by atoms with Crippen LogP contribution in [0.3, 0.4) is 0 Å². The van der Waals surface area contributed by atoms with Gasteiger partial charge in [-0.05, 0) is 38.2 Å². The average Bonchev–Trinajstić information content (AvgIpc) is 3.63. The molecule has 0 bridgehead atoms. The molecule has 4 heterocycles. The van der Waals surface area contributed by atoms with E-state index >= 15 is 0 Å². The molecule has 2 aromatic carbocycles. The molecule has 3 atom stereocenters. The smallest absolute Gasteiger partial charge is 0.0820 e. The second-order valence-electron chi connectivity index (χ2n) is 8.88. The number of pyridine rings is 2. The van der Waals surface area contributed by atoms with Gasteiger partial charge in [0.15, 0.2) is 0 Å². The van der Waals surface area contributed by atoms with Crippen molar-refractivity contribution in [3.8, 4) is 21.1 Å². The zero-order chi connectivity index (χ0) is 27.6. The summed E-state index contributed by atoms with van der Waals surface area (Å²) in [5.41, 5.74) is 2.00. The van der Waals surface area contributed by atoms with E-state index in [0.717, 1.165) is 21.1 Å². The van der Waals surface area contributed by atoms with Gasteiger partial charge in [-0.1, -0.05) is 55.5 Å². The maximum absolute atomic E-state index is 8.89. The van der Waals surface area contributed by atoms with Crippen molar-refractivity contribution in [2.75, 3.05) is 6.61 Å². The van der Waals surface area contributed by atoms with Gasteiger partial charge in [-0.25, -0.2) is 22.7 Å². The fourth-order valence-corrected chi connectivity index (χ4v) is 5.51. The first-order valence-electron chi connectivity index (χ1n) is 12.6. The van der Waals surface area contributed by atoms with Crippen LogP contribution in [0, 0.1) is 18.1 Å². The third kappa shape index (κ3) is 8.59. The molecular weight excluding hydrogens is 717 g/mol. The Hall–Kier alpha value is -2.81. The Bertz CT molecular complexity index is 1400. The summed E-state index contributed by atoms with van der Waals surface area (Å²) in [7, 11) is 0. The van der Waals surface area contributed by atoms with Gasteiger partial charge in [0.1, 0.15) is 0 Å². The Labute approximate surface area is 256 Å². The van der Waals surface area contributed by atoms with Crippen LogP contribution in [-0.4, -0.2) is 44.1 Å². The molecule has 0 saturated carbocycles. The van der Waals surface area contributed by atoms with E-state index in [1.807, 2.05) is 60.9 Å². The van der Waals surface area contributed by atoms with Gasteiger partial charge < -0.3 is 25.3 Å². The van der Waals surface area contributed by atoms with Gasteiger partial charge in [0, 0.05) is 49.8 Å². The molecule has 3 unspecified atom stereocenters. The normalized spacial score (nSPS) is 12.7. The molecule has 5 nitrogen and oxygen atoms in total. The van der Waals surface area contributed by atoms with E-state index in [0.29, 0.717) is 0 Å². The number of thiophene rings is 2. The maximum Gasteiger partial charge on any atom is 0.0820 e. The van der Waals surface area contributed by atoms with Crippen LogP contribution in [0.5, 0.6) is 0 Å². The standard InChI is InChI=1S/2C13H8NS.C6H14O3.Ir/c2*1-2-7-12-10(5-1)9-13(15-12)11-6-3-4-8-14-11;1-4(5(2)8)6(9)3-7;/h2*1-8H;4-9H,3H2,1-2H3;/q2*-1;;. The maximum atomic E-state index is 8.89. The van der Waals surface area contributed by atoms with Crippen molar-refractivity contribution in [1.82, 2.24) is 9.97 Å². The molecule has 1 radical (unpaired) electrons. The number of fused-ring (bicyclic) bond motifs is 2. The van der Waals surface area contributed by atoms with E-state index in [2.05, 4.69) is 58.5 Å². The third-order valence-corrected chi connectivity index (χ3v) is 8.23. The van der Waals surface area contributed by atoms with E-state index in [4.69, 9.17) is 15.3 Å². The largest absolute Gasteiger partial charge is 0.394 e. The third-order valence-electron chi connectivity index (χ3n) is 6.04. The van der Waals surface area contributed by atoms with Gasteiger partial charge in [0.2, 0.25) is 0 Å². The van der Waals surface area contributed by atoms with Gasteiger partial charge in [0.25, 0.3) is 0 Å². The quantitative estimate of drug-likeness (QED) is 0.168. The zero-order valence-electron chi connectivity index (χ0n) is 22.1. The number of hydrogen-bond donors (Lipinski definition) is 3. The van der Waals surface area contributed by atoms with Crippen LogP contribution in [0.15, 0.2) is 97.3 Å². The number of aliphatic hydroxyl groups excluding tert-OH is 3. The number of aromatic nitrogens is 2. The zero-order valence-corrected chi connectivity index (χ0v) is 26.1. The van der Waals surface area contributed by atoms with Crippen LogP contribution in [0.4, 0.5) is 0 Å². The molecule has 0 aliphatic heterocycles. The minimum Gasteiger partial charge on any atom is -0.394 e. The fourth-order valence-electron chi connectivity index (χ4n) is 3.55. The molecule has 3 N–H and O–H groups in total. The Morgan fingerprint density at radius 1 is 0.675 bits per heavy atom. The van der Waals surface area contributed by atoms with Gasteiger partial charge in [-0.2, -0.15) is 0 Å². The summed E-state index contributed by atoms with van der Waals surface area (Å²) in [6.45, 7) is 2.99. The molecule has 0 aliphatic rings. The summed E-state index contributed by atoms with van der Waals surface area (Å²) in [4.78, 5) is 10.9. The molecule has 0 saturated heterocycles. The predicted molar refractivity (Wildman–Crippen MR) is 162 cm³/mol. The van der Waals surface area contributed by atoms with Gasteiger partial charge in [-0.3, -0.25) is 0 Å². The molecule has 0 amide bonds. The van der Waals surface area contributed by atoms with E-state index in [1.54, 1.807) is 36.5 Å². The number of nitrogens with zero attached hydrogens (tertiary/aromatic N) is 2. The topological polar surface area (TPSA) is 86.5 Å². The fraction of sp³-hybridized carbons (Fsp3) is 0.188. The van der Waals surface area contributed by atoms with Crippen LogP contribution < -0.4 is 0 Å². The van der Waals surface area contributed by atoms with Crippen molar-refractivity contribution in [3.63, 3.8) is 0 Å². The number of rotatable bonds is 5. The van der Waals surface area contributed by atoms with E-state index in [1.165, 1.54) is 20.2 Å². The summed E-state index contributed by atoms with van der Waals surface area (Å²) in [5.74, 6) is -0.255. The monoisotopic (exact) mass is 747 g/mol. The second kappa shape index (κ2) is 15.8. The van der Waals surface area contributed by atoms with Gasteiger partial charge >= 0.3 is 0 Å². The minimum absolute atomic E-state index is 0. The minimum atomic E-state index is -0.801. The first kappa shape index (κ1) is 31.7. The Morgan fingerprint density at radius 2 is 1.10 bits per heavy atom. The number of benzene rings is 2. The summed E-state index contributed by atoms with van der Waals surface area (Å²) in [5, 5.41) is 28.5. The van der Waals surface area contributed by atoms with E-state index in [9.17, 15) is 0 Å². The summed E-state index contributed by atoms with van der Waals surface area (Å²) in [6.07, 6.45) is 2.26. The molecule has 6 rings (SSSR count). The van der Waals surface area contributed by atoms with Crippen molar-refractivity contribution in [2.24, 2.45) is 5.92 Å². The summed E-state index contributed by atoms with van der Waals surface area (Å²) in [6, 6.07) is 35.2.